The van der Waals surface area contributed by atoms with Crippen molar-refractivity contribution < 1.29 is 19.2 Å². The smallest absolute Gasteiger partial charge is 0.271 e. The molecule has 0 aliphatic rings. The molecule has 0 aliphatic carbocycles. The van der Waals surface area contributed by atoms with Crippen molar-refractivity contribution in [3.05, 3.63) is 57.1 Å². The molecule has 0 fully saturated rings. The highest BCUT2D eigenvalue weighted by Gasteiger charge is 2.11. The van der Waals surface area contributed by atoms with Gasteiger partial charge in [-0.1, -0.05) is 12.1 Å². The number of likely N-dealkylation sites (N-methyl/N-ethyl adjacent to an activating group) is 1. The fourth-order valence-electron chi connectivity index (χ4n) is 2.57. The SMILES string of the molecule is CCOc1cc(/C=C/c2nc3cc([N+](=O)[O-])ccc3s2)ccc1OCC(=O)N(C)C. The number of thiazole rings is 1. The molecular weight excluding hydrogens is 406 g/mol. The lowest BCUT2D eigenvalue weighted by Gasteiger charge is -2.14. The Labute approximate surface area is 177 Å². The summed E-state index contributed by atoms with van der Waals surface area (Å²) < 4.78 is 12.1. The van der Waals surface area contributed by atoms with Gasteiger partial charge in [-0.15, -0.1) is 11.3 Å². The summed E-state index contributed by atoms with van der Waals surface area (Å²) >= 11 is 1.45. The first kappa shape index (κ1) is 21.3. The van der Waals surface area contributed by atoms with Gasteiger partial charge in [0.25, 0.3) is 11.6 Å². The number of nitro benzene ring substituents is 1. The second-order valence-corrected chi connectivity index (χ2v) is 7.57. The van der Waals surface area contributed by atoms with Crippen molar-refractivity contribution in [3.63, 3.8) is 0 Å². The normalized spacial score (nSPS) is 11.0. The monoisotopic (exact) mass is 427 g/mol. The van der Waals surface area contributed by atoms with Gasteiger partial charge in [-0.05, 0) is 36.8 Å². The summed E-state index contributed by atoms with van der Waals surface area (Å²) in [5, 5.41) is 11.7. The Kier molecular flexibility index (Phi) is 6.63. The molecule has 1 aromatic heterocycles. The van der Waals surface area contributed by atoms with Crippen molar-refractivity contribution in [2.24, 2.45) is 0 Å². The summed E-state index contributed by atoms with van der Waals surface area (Å²) in [6.45, 7) is 2.26. The number of benzene rings is 2. The van der Waals surface area contributed by atoms with Crippen LogP contribution < -0.4 is 9.47 Å². The lowest BCUT2D eigenvalue weighted by Crippen LogP contribution is -2.27. The van der Waals surface area contributed by atoms with Gasteiger partial charge in [0.05, 0.1) is 21.7 Å². The molecule has 0 spiro atoms. The van der Waals surface area contributed by atoms with E-state index >= 15 is 0 Å². The van der Waals surface area contributed by atoms with Crippen LogP contribution in [0.5, 0.6) is 11.5 Å². The molecule has 0 aliphatic heterocycles. The van der Waals surface area contributed by atoms with Crippen molar-refractivity contribution in [1.29, 1.82) is 0 Å². The van der Waals surface area contributed by atoms with Gasteiger partial charge >= 0.3 is 0 Å². The molecule has 0 radical (unpaired) electrons. The van der Waals surface area contributed by atoms with Crippen LogP contribution in [0.15, 0.2) is 36.4 Å². The maximum absolute atomic E-state index is 11.7. The fraction of sp³-hybridized carbons (Fsp3) is 0.238. The predicted octanol–water partition coefficient (Wildman–Crippen LogP) is 4.24. The molecule has 0 N–H and O–H groups in total. The first-order valence-corrected chi connectivity index (χ1v) is 10.0. The minimum atomic E-state index is -0.431. The van der Waals surface area contributed by atoms with Gasteiger partial charge in [-0.25, -0.2) is 4.98 Å². The second kappa shape index (κ2) is 9.36. The summed E-state index contributed by atoms with van der Waals surface area (Å²) in [4.78, 5) is 28.1. The van der Waals surface area contributed by atoms with E-state index in [1.54, 1.807) is 26.2 Å². The number of carbonyl (C=O) groups is 1. The van der Waals surface area contributed by atoms with Crippen molar-refractivity contribution in [2.75, 3.05) is 27.3 Å². The summed E-state index contributed by atoms with van der Waals surface area (Å²) in [7, 11) is 3.34. The third-order valence-electron chi connectivity index (χ3n) is 4.13. The fourth-order valence-corrected chi connectivity index (χ4v) is 3.42. The zero-order valence-corrected chi connectivity index (χ0v) is 17.6. The molecule has 1 amide bonds. The molecule has 9 heteroatoms. The number of nitrogens with zero attached hydrogens (tertiary/aromatic N) is 3. The van der Waals surface area contributed by atoms with E-state index in [0.717, 1.165) is 15.3 Å². The number of aromatic nitrogens is 1. The van der Waals surface area contributed by atoms with Crippen LogP contribution >= 0.6 is 11.3 Å². The van der Waals surface area contributed by atoms with Crippen molar-refractivity contribution in [2.45, 2.75) is 6.92 Å². The van der Waals surface area contributed by atoms with Gasteiger partial charge < -0.3 is 14.4 Å². The molecule has 156 valence electrons. The minimum Gasteiger partial charge on any atom is -0.490 e. The number of amides is 1. The van der Waals surface area contributed by atoms with E-state index in [0.29, 0.717) is 23.6 Å². The van der Waals surface area contributed by atoms with Gasteiger partial charge in [-0.3, -0.25) is 14.9 Å². The van der Waals surface area contributed by atoms with Crippen LogP contribution in [0.2, 0.25) is 0 Å². The largest absolute Gasteiger partial charge is 0.490 e. The summed E-state index contributed by atoms with van der Waals surface area (Å²) in [6.07, 6.45) is 3.72. The number of hydrogen-bond acceptors (Lipinski definition) is 7. The van der Waals surface area contributed by atoms with Crippen LogP contribution in [-0.4, -0.2) is 48.0 Å². The topological polar surface area (TPSA) is 94.8 Å². The standard InChI is InChI=1S/C21H21N3O5S/c1-4-28-18-11-14(5-8-17(18)29-13-21(25)23(2)3)6-10-20-22-16-12-15(24(26)27)7-9-19(16)30-20/h5-12H,4,13H2,1-3H3/b10-6+. The van der Waals surface area contributed by atoms with Crippen molar-refractivity contribution in [1.82, 2.24) is 9.88 Å². The van der Waals surface area contributed by atoms with Crippen molar-refractivity contribution >= 4 is 45.3 Å². The molecule has 8 nitrogen and oxygen atoms in total. The highest BCUT2D eigenvalue weighted by Crippen LogP contribution is 2.30. The average Bonchev–Trinajstić information content (AvgIpc) is 3.13. The van der Waals surface area contributed by atoms with E-state index in [1.807, 2.05) is 31.2 Å². The molecule has 0 unspecified atom stereocenters. The van der Waals surface area contributed by atoms with E-state index in [2.05, 4.69) is 4.98 Å². The van der Waals surface area contributed by atoms with Crippen LogP contribution in [0.4, 0.5) is 5.69 Å². The Bertz CT molecular complexity index is 1110. The molecule has 30 heavy (non-hydrogen) atoms. The summed E-state index contributed by atoms with van der Waals surface area (Å²) in [6, 6.07) is 10.1. The zero-order valence-electron chi connectivity index (χ0n) is 16.8. The van der Waals surface area contributed by atoms with Gasteiger partial charge in [0.15, 0.2) is 18.1 Å². The van der Waals surface area contributed by atoms with Crippen LogP contribution in [-0.2, 0) is 4.79 Å². The van der Waals surface area contributed by atoms with E-state index in [-0.39, 0.29) is 18.2 Å². The van der Waals surface area contributed by atoms with E-state index < -0.39 is 4.92 Å². The van der Waals surface area contributed by atoms with E-state index in [4.69, 9.17) is 9.47 Å². The summed E-state index contributed by atoms with van der Waals surface area (Å²) in [5.41, 5.74) is 1.49. The highest BCUT2D eigenvalue weighted by molar-refractivity contribution is 7.19. The van der Waals surface area contributed by atoms with Crippen LogP contribution in [0.1, 0.15) is 17.5 Å². The highest BCUT2D eigenvalue weighted by atomic mass is 32.1. The number of hydrogen-bond donors (Lipinski definition) is 0. The number of non-ortho nitro benzene ring substituents is 1. The minimum absolute atomic E-state index is 0.0213. The summed E-state index contributed by atoms with van der Waals surface area (Å²) in [5.74, 6) is 0.903. The Hall–Kier alpha value is -3.46. The lowest BCUT2D eigenvalue weighted by molar-refractivity contribution is -0.384. The van der Waals surface area contributed by atoms with Gasteiger partial charge in [0, 0.05) is 26.2 Å². The number of nitro groups is 1. The zero-order chi connectivity index (χ0) is 21.7. The van der Waals surface area contributed by atoms with Crippen molar-refractivity contribution in [3.8, 4) is 11.5 Å². The van der Waals surface area contributed by atoms with Crippen LogP contribution in [0.25, 0.3) is 22.4 Å². The van der Waals surface area contributed by atoms with E-state index in [1.165, 1.54) is 28.4 Å². The molecule has 3 rings (SSSR count). The molecule has 3 aromatic rings. The Morgan fingerprint density at radius 1 is 1.17 bits per heavy atom. The molecule has 0 saturated carbocycles. The van der Waals surface area contributed by atoms with Crippen LogP contribution in [0.3, 0.4) is 0 Å². The molecule has 0 saturated heterocycles. The Morgan fingerprint density at radius 3 is 2.67 bits per heavy atom. The number of carbonyl (C=O) groups excluding carboxylic acids is 1. The first-order valence-electron chi connectivity index (χ1n) is 9.20. The molecule has 1 heterocycles. The van der Waals surface area contributed by atoms with Gasteiger partial charge in [-0.2, -0.15) is 0 Å². The van der Waals surface area contributed by atoms with E-state index in [9.17, 15) is 14.9 Å². The van der Waals surface area contributed by atoms with Gasteiger partial charge in [0.2, 0.25) is 0 Å². The Balaban J connectivity index is 1.79. The second-order valence-electron chi connectivity index (χ2n) is 6.51. The quantitative estimate of drug-likeness (QED) is 0.394. The Morgan fingerprint density at radius 2 is 1.97 bits per heavy atom. The number of ether oxygens (including phenoxy) is 2. The third kappa shape index (κ3) is 5.12. The lowest BCUT2D eigenvalue weighted by atomic mass is 10.2. The average molecular weight is 427 g/mol. The number of fused-ring (bicyclic) bond motifs is 1. The van der Waals surface area contributed by atoms with Crippen LogP contribution in [0, 0.1) is 10.1 Å². The third-order valence-corrected chi connectivity index (χ3v) is 5.14. The molecule has 2 aromatic carbocycles. The predicted molar refractivity (Wildman–Crippen MR) is 117 cm³/mol. The molecule has 0 bridgehead atoms. The maximum Gasteiger partial charge on any atom is 0.271 e. The molecule has 0 atom stereocenters. The maximum atomic E-state index is 11.7. The van der Waals surface area contributed by atoms with Gasteiger partial charge in [0.1, 0.15) is 5.01 Å². The first-order chi connectivity index (χ1) is 14.4. The molecular formula is C21H21N3O5S. The number of rotatable bonds is 8.